The number of hydrogen-bond acceptors (Lipinski definition) is 1. The molecule has 0 radical (unpaired) electrons. The molecule has 0 aromatic rings. The lowest BCUT2D eigenvalue weighted by molar-refractivity contribution is 0.318. The largest absolute Gasteiger partial charge is 0.312 e. The first-order chi connectivity index (χ1) is 6.04. The van der Waals surface area contributed by atoms with Gasteiger partial charge in [-0.05, 0) is 58.4 Å². The Labute approximate surface area is 81.6 Å². The summed E-state index contributed by atoms with van der Waals surface area (Å²) in [4.78, 5) is 0. The second-order valence-corrected chi connectivity index (χ2v) is 5.66. The number of rotatable bonds is 2. The zero-order chi connectivity index (χ0) is 9.47. The van der Waals surface area contributed by atoms with Crippen LogP contribution in [0.25, 0.3) is 0 Å². The fourth-order valence-electron chi connectivity index (χ4n) is 2.53. The van der Waals surface area contributed by atoms with E-state index in [4.69, 9.17) is 0 Å². The molecule has 2 aliphatic rings. The van der Waals surface area contributed by atoms with Crippen molar-refractivity contribution in [2.75, 3.05) is 6.54 Å². The molecule has 1 nitrogen and oxygen atoms in total. The third-order valence-electron chi connectivity index (χ3n) is 3.32. The van der Waals surface area contributed by atoms with Crippen LogP contribution in [0.15, 0.2) is 11.6 Å². The smallest absolute Gasteiger partial charge is 0.00966 e. The van der Waals surface area contributed by atoms with Gasteiger partial charge in [0.05, 0.1) is 0 Å². The summed E-state index contributed by atoms with van der Waals surface area (Å²) in [5.41, 5.74) is 2.02. The first kappa shape index (κ1) is 9.26. The summed E-state index contributed by atoms with van der Waals surface area (Å²) in [5.74, 6) is 1.91. The summed E-state index contributed by atoms with van der Waals surface area (Å²) in [6.07, 6.45) is 6.58. The molecule has 13 heavy (non-hydrogen) atoms. The van der Waals surface area contributed by atoms with E-state index in [2.05, 4.69) is 32.2 Å². The number of allylic oxidation sites excluding steroid dienone is 2. The highest BCUT2D eigenvalue weighted by Gasteiger charge is 2.33. The van der Waals surface area contributed by atoms with E-state index in [0.717, 1.165) is 11.8 Å². The van der Waals surface area contributed by atoms with Crippen molar-refractivity contribution in [3.63, 3.8) is 0 Å². The standard InChI is InChI=1S/C12H21N/c1-12(2,3)13-8-11-7-9-4-5-10(11)6-9/h4,10-11,13H,5-8H2,1-3H3. The molecule has 0 heterocycles. The lowest BCUT2D eigenvalue weighted by atomic mass is 9.91. The topological polar surface area (TPSA) is 12.0 Å². The molecule has 0 amide bonds. The van der Waals surface area contributed by atoms with E-state index in [1.54, 1.807) is 5.57 Å². The van der Waals surface area contributed by atoms with E-state index in [0.29, 0.717) is 0 Å². The maximum atomic E-state index is 3.62. The molecule has 1 heteroatoms. The first-order valence-electron chi connectivity index (χ1n) is 5.47. The fourth-order valence-corrected chi connectivity index (χ4v) is 2.53. The molecule has 2 aliphatic carbocycles. The van der Waals surface area contributed by atoms with Gasteiger partial charge in [-0.1, -0.05) is 11.6 Å². The lowest BCUT2D eigenvalue weighted by Gasteiger charge is -2.26. The van der Waals surface area contributed by atoms with Crippen molar-refractivity contribution in [3.05, 3.63) is 11.6 Å². The van der Waals surface area contributed by atoms with E-state index in [9.17, 15) is 0 Å². The Morgan fingerprint density at radius 3 is 2.62 bits per heavy atom. The van der Waals surface area contributed by atoms with Gasteiger partial charge in [0.1, 0.15) is 0 Å². The van der Waals surface area contributed by atoms with Crippen LogP contribution in [-0.2, 0) is 0 Å². The van der Waals surface area contributed by atoms with Crippen molar-refractivity contribution in [2.45, 2.75) is 45.6 Å². The summed E-state index contributed by atoms with van der Waals surface area (Å²) >= 11 is 0. The van der Waals surface area contributed by atoms with Crippen LogP contribution in [0.3, 0.4) is 0 Å². The van der Waals surface area contributed by atoms with E-state index in [1.165, 1.54) is 25.8 Å². The van der Waals surface area contributed by atoms with Gasteiger partial charge in [0.2, 0.25) is 0 Å². The molecule has 0 saturated heterocycles. The minimum atomic E-state index is 0.288. The molecular formula is C12H21N. The summed E-state index contributed by atoms with van der Waals surface area (Å²) in [6.45, 7) is 7.96. The maximum Gasteiger partial charge on any atom is 0.00966 e. The highest BCUT2D eigenvalue weighted by Crippen LogP contribution is 2.43. The molecule has 2 unspecified atom stereocenters. The Bertz CT molecular complexity index is 222. The predicted octanol–water partition coefficient (Wildman–Crippen LogP) is 2.73. The number of hydrogen-bond donors (Lipinski definition) is 1. The van der Waals surface area contributed by atoms with Gasteiger partial charge < -0.3 is 5.32 Å². The molecular weight excluding hydrogens is 158 g/mol. The Morgan fingerprint density at radius 1 is 1.38 bits per heavy atom. The molecule has 0 aromatic carbocycles. The van der Waals surface area contributed by atoms with Gasteiger partial charge in [0.15, 0.2) is 0 Å². The van der Waals surface area contributed by atoms with Crippen molar-refractivity contribution in [2.24, 2.45) is 11.8 Å². The Hall–Kier alpha value is -0.300. The molecule has 74 valence electrons. The summed E-state index contributed by atoms with van der Waals surface area (Å²) in [7, 11) is 0. The van der Waals surface area contributed by atoms with Crippen molar-refractivity contribution in [1.82, 2.24) is 5.32 Å². The van der Waals surface area contributed by atoms with Crippen LogP contribution in [0.5, 0.6) is 0 Å². The van der Waals surface area contributed by atoms with Crippen LogP contribution in [0.2, 0.25) is 0 Å². The molecule has 2 bridgehead atoms. The zero-order valence-electron chi connectivity index (χ0n) is 9.06. The average molecular weight is 179 g/mol. The Morgan fingerprint density at radius 2 is 2.15 bits per heavy atom. The van der Waals surface area contributed by atoms with E-state index >= 15 is 0 Å². The second-order valence-electron chi connectivity index (χ2n) is 5.66. The molecule has 2 atom stereocenters. The lowest BCUT2D eigenvalue weighted by Crippen LogP contribution is -2.40. The van der Waals surface area contributed by atoms with Crippen molar-refractivity contribution in [3.8, 4) is 0 Å². The van der Waals surface area contributed by atoms with Gasteiger partial charge in [0.25, 0.3) is 0 Å². The average Bonchev–Trinajstić information content (AvgIpc) is 2.58. The van der Waals surface area contributed by atoms with Gasteiger partial charge in [0, 0.05) is 5.54 Å². The molecule has 2 rings (SSSR count). The first-order valence-corrected chi connectivity index (χ1v) is 5.47. The molecule has 0 spiro atoms. The highest BCUT2D eigenvalue weighted by molar-refractivity contribution is 5.18. The van der Waals surface area contributed by atoms with Crippen LogP contribution >= 0.6 is 0 Å². The molecule has 1 fully saturated rings. The van der Waals surface area contributed by atoms with Gasteiger partial charge >= 0.3 is 0 Å². The zero-order valence-corrected chi connectivity index (χ0v) is 9.06. The van der Waals surface area contributed by atoms with Gasteiger partial charge in [-0.3, -0.25) is 0 Å². The van der Waals surface area contributed by atoms with E-state index in [-0.39, 0.29) is 5.54 Å². The van der Waals surface area contributed by atoms with Crippen molar-refractivity contribution in [1.29, 1.82) is 0 Å². The van der Waals surface area contributed by atoms with Crippen LogP contribution in [0, 0.1) is 11.8 Å². The SMILES string of the molecule is CC(C)(C)NCC1CC2=CCC1C2. The Kier molecular flexibility index (Phi) is 2.23. The summed E-state index contributed by atoms with van der Waals surface area (Å²) in [6, 6.07) is 0. The minimum Gasteiger partial charge on any atom is -0.312 e. The quantitative estimate of drug-likeness (QED) is 0.643. The minimum absolute atomic E-state index is 0.288. The van der Waals surface area contributed by atoms with Crippen molar-refractivity contribution < 1.29 is 0 Å². The van der Waals surface area contributed by atoms with Gasteiger partial charge in [-0.25, -0.2) is 0 Å². The van der Waals surface area contributed by atoms with Crippen molar-refractivity contribution >= 4 is 0 Å². The second kappa shape index (κ2) is 3.13. The molecule has 0 aromatic heterocycles. The van der Waals surface area contributed by atoms with Crippen LogP contribution < -0.4 is 5.32 Å². The van der Waals surface area contributed by atoms with E-state index in [1.807, 2.05) is 0 Å². The fraction of sp³-hybridized carbons (Fsp3) is 0.833. The molecule has 1 saturated carbocycles. The van der Waals surface area contributed by atoms with E-state index < -0.39 is 0 Å². The predicted molar refractivity (Wildman–Crippen MR) is 56.7 cm³/mol. The summed E-state index contributed by atoms with van der Waals surface area (Å²) < 4.78 is 0. The highest BCUT2D eigenvalue weighted by atomic mass is 14.9. The molecule has 1 N–H and O–H groups in total. The van der Waals surface area contributed by atoms with Crippen LogP contribution in [-0.4, -0.2) is 12.1 Å². The summed E-state index contributed by atoms with van der Waals surface area (Å²) in [5, 5.41) is 3.62. The maximum absolute atomic E-state index is 3.62. The molecule has 0 aliphatic heterocycles. The van der Waals surface area contributed by atoms with Crippen LogP contribution in [0.1, 0.15) is 40.0 Å². The number of fused-ring (bicyclic) bond motifs is 2. The van der Waals surface area contributed by atoms with Crippen LogP contribution in [0.4, 0.5) is 0 Å². The van der Waals surface area contributed by atoms with Gasteiger partial charge in [-0.2, -0.15) is 0 Å². The monoisotopic (exact) mass is 179 g/mol. The third kappa shape index (κ3) is 2.14. The normalized spacial score (nSPS) is 32.4. The van der Waals surface area contributed by atoms with Gasteiger partial charge in [-0.15, -0.1) is 0 Å². The number of nitrogens with one attached hydrogen (secondary N) is 1. The third-order valence-corrected chi connectivity index (χ3v) is 3.32. The Balaban J connectivity index is 1.81.